The molecule has 1 rings (SSSR count). The largest absolute Gasteiger partial charge is 0.395 e. The molecule has 5 nitrogen and oxygen atoms in total. The van der Waals surface area contributed by atoms with E-state index in [9.17, 15) is 0 Å². The van der Waals surface area contributed by atoms with Crippen molar-refractivity contribution in [2.24, 2.45) is 5.11 Å². The van der Waals surface area contributed by atoms with Crippen molar-refractivity contribution in [1.82, 2.24) is 5.32 Å². The van der Waals surface area contributed by atoms with Gasteiger partial charge in [-0.25, -0.2) is 0 Å². The van der Waals surface area contributed by atoms with E-state index in [0.29, 0.717) is 6.04 Å². The number of rotatable bonds is 3. The van der Waals surface area contributed by atoms with Gasteiger partial charge in [0.05, 0.1) is 12.6 Å². The van der Waals surface area contributed by atoms with Gasteiger partial charge in [-0.1, -0.05) is 12.0 Å². The average Bonchev–Trinajstić information content (AvgIpc) is 2.48. The van der Waals surface area contributed by atoms with Crippen molar-refractivity contribution in [3.63, 3.8) is 0 Å². The van der Waals surface area contributed by atoms with Crippen LogP contribution in [-0.2, 0) is 0 Å². The van der Waals surface area contributed by atoms with Crippen molar-refractivity contribution >= 4 is 0 Å². The zero-order chi connectivity index (χ0) is 8.97. The Morgan fingerprint density at radius 2 is 2.50 bits per heavy atom. The number of hydrogen-bond acceptors (Lipinski definition) is 3. The molecule has 1 saturated heterocycles. The summed E-state index contributed by atoms with van der Waals surface area (Å²) in [4.78, 5) is 2.76. The molecule has 3 atom stereocenters. The molecule has 1 aliphatic heterocycles. The summed E-state index contributed by atoms with van der Waals surface area (Å²) in [6.45, 7) is 2.12. The fourth-order valence-corrected chi connectivity index (χ4v) is 1.59. The highest BCUT2D eigenvalue weighted by Gasteiger charge is 2.31. The fourth-order valence-electron chi connectivity index (χ4n) is 1.59. The summed E-state index contributed by atoms with van der Waals surface area (Å²) in [6.07, 6.45) is 1.85. The van der Waals surface area contributed by atoms with Crippen LogP contribution in [0.25, 0.3) is 10.4 Å². The Morgan fingerprint density at radius 1 is 1.75 bits per heavy atom. The third-order valence-electron chi connectivity index (χ3n) is 2.33. The maximum absolute atomic E-state index is 8.93. The Hall–Kier alpha value is -0.770. The first-order chi connectivity index (χ1) is 5.81. The molecule has 2 N–H and O–H groups in total. The van der Waals surface area contributed by atoms with Crippen LogP contribution < -0.4 is 5.32 Å². The lowest BCUT2D eigenvalue weighted by molar-refractivity contribution is 0.243. The average molecular weight is 170 g/mol. The molecule has 12 heavy (non-hydrogen) atoms. The molecule has 68 valence electrons. The molecule has 1 heterocycles. The molecule has 0 aliphatic carbocycles. The van der Waals surface area contributed by atoms with Crippen molar-refractivity contribution in [1.29, 1.82) is 0 Å². The van der Waals surface area contributed by atoms with Crippen LogP contribution in [0.1, 0.15) is 19.8 Å². The predicted octanol–water partition coefficient (Wildman–Crippen LogP) is 0.798. The Bertz CT molecular complexity index is 190. The normalized spacial score (nSPS) is 34.7. The first-order valence-electron chi connectivity index (χ1n) is 4.23. The molecule has 0 saturated carbocycles. The second-order valence-corrected chi connectivity index (χ2v) is 3.07. The molecular weight excluding hydrogens is 156 g/mol. The number of hydrogen-bond donors (Lipinski definition) is 2. The van der Waals surface area contributed by atoms with Gasteiger partial charge in [0, 0.05) is 17.0 Å². The maximum Gasteiger partial charge on any atom is 0.0588 e. The quantitative estimate of drug-likeness (QED) is 0.373. The van der Waals surface area contributed by atoms with E-state index < -0.39 is 0 Å². The Kier molecular flexibility index (Phi) is 3.34. The Morgan fingerprint density at radius 3 is 3.00 bits per heavy atom. The van der Waals surface area contributed by atoms with Gasteiger partial charge in [-0.3, -0.25) is 0 Å². The van der Waals surface area contributed by atoms with Crippen LogP contribution in [0.15, 0.2) is 5.11 Å². The number of aliphatic hydroxyl groups excluding tert-OH is 1. The minimum atomic E-state index is -0.0788. The van der Waals surface area contributed by atoms with E-state index in [1.165, 1.54) is 0 Å². The van der Waals surface area contributed by atoms with Crippen molar-refractivity contribution < 1.29 is 5.11 Å². The van der Waals surface area contributed by atoms with Crippen LogP contribution in [0.3, 0.4) is 0 Å². The van der Waals surface area contributed by atoms with Crippen LogP contribution in [-0.4, -0.2) is 29.8 Å². The van der Waals surface area contributed by atoms with Gasteiger partial charge in [0.2, 0.25) is 0 Å². The van der Waals surface area contributed by atoms with Crippen molar-refractivity contribution in [2.75, 3.05) is 6.61 Å². The lowest BCUT2D eigenvalue weighted by Crippen LogP contribution is -2.35. The third kappa shape index (κ3) is 1.88. The highest BCUT2D eigenvalue weighted by molar-refractivity contribution is 4.94. The van der Waals surface area contributed by atoms with E-state index in [1.54, 1.807) is 0 Å². The predicted molar refractivity (Wildman–Crippen MR) is 45.6 cm³/mol. The summed E-state index contributed by atoms with van der Waals surface area (Å²) in [5, 5.41) is 15.8. The van der Waals surface area contributed by atoms with Gasteiger partial charge >= 0.3 is 0 Å². The van der Waals surface area contributed by atoms with Gasteiger partial charge in [0.15, 0.2) is 0 Å². The molecule has 1 aliphatic rings. The van der Waals surface area contributed by atoms with Crippen LogP contribution >= 0.6 is 0 Å². The summed E-state index contributed by atoms with van der Waals surface area (Å²) in [5.41, 5.74) is 8.25. The minimum Gasteiger partial charge on any atom is -0.395 e. The first kappa shape index (κ1) is 9.32. The fraction of sp³-hybridized carbons (Fsp3) is 1.00. The van der Waals surface area contributed by atoms with Gasteiger partial charge in [-0.05, 0) is 18.4 Å². The van der Waals surface area contributed by atoms with Crippen LogP contribution in [0.4, 0.5) is 0 Å². The van der Waals surface area contributed by atoms with Gasteiger partial charge in [0.25, 0.3) is 0 Å². The lowest BCUT2D eigenvalue weighted by atomic mass is 10.1. The van der Waals surface area contributed by atoms with E-state index in [-0.39, 0.29) is 18.7 Å². The zero-order valence-corrected chi connectivity index (χ0v) is 7.14. The van der Waals surface area contributed by atoms with E-state index in [1.807, 2.05) is 0 Å². The smallest absolute Gasteiger partial charge is 0.0588 e. The molecule has 1 unspecified atom stereocenters. The highest BCUT2D eigenvalue weighted by atomic mass is 16.3. The van der Waals surface area contributed by atoms with Crippen molar-refractivity contribution in [2.45, 2.75) is 37.9 Å². The second kappa shape index (κ2) is 4.30. The molecule has 0 aromatic carbocycles. The van der Waals surface area contributed by atoms with Gasteiger partial charge in [-0.15, -0.1) is 0 Å². The number of aliphatic hydroxyl groups is 1. The summed E-state index contributed by atoms with van der Waals surface area (Å²) >= 11 is 0. The van der Waals surface area contributed by atoms with Gasteiger partial charge in [0.1, 0.15) is 0 Å². The topological polar surface area (TPSA) is 81.0 Å². The molecule has 0 radical (unpaired) electrons. The second-order valence-electron chi connectivity index (χ2n) is 3.07. The number of nitrogens with one attached hydrogen (secondary N) is 1. The zero-order valence-electron chi connectivity index (χ0n) is 7.14. The van der Waals surface area contributed by atoms with E-state index in [0.717, 1.165) is 12.8 Å². The van der Waals surface area contributed by atoms with E-state index in [4.69, 9.17) is 10.6 Å². The van der Waals surface area contributed by atoms with Crippen LogP contribution in [0.2, 0.25) is 0 Å². The molecule has 5 heteroatoms. The Balaban J connectivity index is 2.55. The SMILES string of the molecule is CC[C@H]1CC(N=[N+]=[N-])[C@@H](CO)N1. The molecule has 0 bridgehead atoms. The summed E-state index contributed by atoms with van der Waals surface area (Å²) < 4.78 is 0. The van der Waals surface area contributed by atoms with Crippen molar-refractivity contribution in [3.8, 4) is 0 Å². The van der Waals surface area contributed by atoms with Gasteiger partial charge < -0.3 is 10.4 Å². The molecule has 0 aromatic rings. The number of nitrogens with zero attached hydrogens (tertiary/aromatic N) is 3. The summed E-state index contributed by atoms with van der Waals surface area (Å²) in [5.74, 6) is 0. The summed E-state index contributed by atoms with van der Waals surface area (Å²) in [6, 6.07) is 0.258. The third-order valence-corrected chi connectivity index (χ3v) is 2.33. The molecule has 0 amide bonds. The maximum atomic E-state index is 8.93. The molecule has 0 aromatic heterocycles. The summed E-state index contributed by atoms with van der Waals surface area (Å²) in [7, 11) is 0. The van der Waals surface area contributed by atoms with Crippen molar-refractivity contribution in [3.05, 3.63) is 10.4 Å². The highest BCUT2D eigenvalue weighted by Crippen LogP contribution is 2.18. The van der Waals surface area contributed by atoms with Crippen LogP contribution in [0.5, 0.6) is 0 Å². The monoisotopic (exact) mass is 170 g/mol. The minimum absolute atomic E-state index is 0.0419. The van der Waals surface area contributed by atoms with Crippen LogP contribution in [0, 0.1) is 0 Å². The lowest BCUT2D eigenvalue weighted by Gasteiger charge is -2.11. The molecule has 1 fully saturated rings. The van der Waals surface area contributed by atoms with Gasteiger partial charge in [-0.2, -0.15) is 0 Å². The van der Waals surface area contributed by atoms with E-state index in [2.05, 4.69) is 22.3 Å². The standard InChI is InChI=1S/C7H14N4O/c1-2-5-3-6(10-11-8)7(4-12)9-5/h5-7,9,12H,2-4H2,1H3/t5-,6?,7+/m0/s1. The molecular formula is C7H14N4O. The molecule has 0 spiro atoms. The Labute approximate surface area is 71.4 Å². The first-order valence-corrected chi connectivity index (χ1v) is 4.23. The van der Waals surface area contributed by atoms with E-state index >= 15 is 0 Å². The number of azide groups is 1.